The van der Waals surface area contributed by atoms with E-state index in [0.29, 0.717) is 29.4 Å². The molecule has 0 aliphatic heterocycles. The Bertz CT molecular complexity index is 903. The van der Waals surface area contributed by atoms with Gasteiger partial charge in [0.05, 0.1) is 24.9 Å². The summed E-state index contributed by atoms with van der Waals surface area (Å²) in [5.74, 6) is 1.07. The number of methoxy groups -OCH3 is 1. The monoisotopic (exact) mass is 350 g/mol. The minimum Gasteiger partial charge on any atom is -0.497 e. The van der Waals surface area contributed by atoms with Gasteiger partial charge in [0.1, 0.15) is 11.5 Å². The fraction of sp³-hybridized carbons (Fsp3) is 0.238. The number of fused-ring (bicyclic) bond motifs is 1. The summed E-state index contributed by atoms with van der Waals surface area (Å²) in [4.78, 5) is 17.2. The van der Waals surface area contributed by atoms with Gasteiger partial charge in [0, 0.05) is 23.2 Å². The molecule has 0 fully saturated rings. The Morgan fingerprint density at radius 3 is 2.85 bits per heavy atom. The van der Waals surface area contributed by atoms with Gasteiger partial charge in [-0.15, -0.1) is 0 Å². The van der Waals surface area contributed by atoms with Gasteiger partial charge in [-0.25, -0.2) is 0 Å². The zero-order chi connectivity index (χ0) is 18.4. The van der Waals surface area contributed by atoms with Crippen molar-refractivity contribution in [2.24, 2.45) is 0 Å². The van der Waals surface area contributed by atoms with E-state index in [2.05, 4.69) is 17.2 Å². The first-order valence-electron chi connectivity index (χ1n) is 8.69. The van der Waals surface area contributed by atoms with E-state index in [0.717, 1.165) is 23.7 Å². The largest absolute Gasteiger partial charge is 0.497 e. The molecule has 0 saturated carbocycles. The number of nitrogens with one attached hydrogen (secondary N) is 1. The molecule has 0 aliphatic carbocycles. The molecule has 0 bridgehead atoms. The second-order valence-electron chi connectivity index (χ2n) is 5.89. The average Bonchev–Trinajstić information content (AvgIpc) is 2.68. The van der Waals surface area contributed by atoms with Gasteiger partial charge in [-0.05, 0) is 36.8 Å². The summed E-state index contributed by atoms with van der Waals surface area (Å²) in [6, 6.07) is 14.6. The van der Waals surface area contributed by atoms with Gasteiger partial charge in [0.15, 0.2) is 0 Å². The molecular weight excluding hydrogens is 328 g/mol. The number of carbonyl (C=O) groups excluding carboxylic acids is 1. The Morgan fingerprint density at radius 2 is 2.04 bits per heavy atom. The molecule has 1 amide bonds. The maximum atomic E-state index is 12.9. The van der Waals surface area contributed by atoms with Crippen molar-refractivity contribution in [1.29, 1.82) is 0 Å². The van der Waals surface area contributed by atoms with Crippen LogP contribution in [0.2, 0.25) is 0 Å². The van der Waals surface area contributed by atoms with E-state index < -0.39 is 0 Å². The third-order valence-corrected chi connectivity index (χ3v) is 4.08. The molecular formula is C21H22N2O3. The standard InChI is InChI=1S/C21H22N2O3/c1-3-4-13-26-20-11-10-15(25-2)14-19(20)23-21(24)17-7-5-9-18-16(17)8-6-12-22-18/h5-12,14H,3-4,13H2,1-2H3,(H,23,24). The summed E-state index contributed by atoms with van der Waals surface area (Å²) >= 11 is 0. The highest BCUT2D eigenvalue weighted by atomic mass is 16.5. The molecule has 0 atom stereocenters. The number of pyridine rings is 1. The van der Waals surface area contributed by atoms with Crippen LogP contribution in [0, 0.1) is 0 Å². The van der Waals surface area contributed by atoms with E-state index in [-0.39, 0.29) is 5.91 Å². The van der Waals surface area contributed by atoms with E-state index in [4.69, 9.17) is 9.47 Å². The van der Waals surface area contributed by atoms with Crippen molar-refractivity contribution in [3.63, 3.8) is 0 Å². The van der Waals surface area contributed by atoms with E-state index in [1.54, 1.807) is 25.4 Å². The molecule has 5 heteroatoms. The number of ether oxygens (including phenoxy) is 2. The lowest BCUT2D eigenvalue weighted by atomic mass is 10.1. The van der Waals surface area contributed by atoms with Crippen LogP contribution in [0.5, 0.6) is 11.5 Å². The normalized spacial score (nSPS) is 10.5. The molecule has 1 aromatic heterocycles. The van der Waals surface area contributed by atoms with Crippen molar-refractivity contribution in [3.8, 4) is 11.5 Å². The van der Waals surface area contributed by atoms with Crippen LogP contribution in [-0.2, 0) is 0 Å². The van der Waals surface area contributed by atoms with Gasteiger partial charge < -0.3 is 14.8 Å². The number of nitrogens with zero attached hydrogens (tertiary/aromatic N) is 1. The topological polar surface area (TPSA) is 60.5 Å². The molecule has 3 aromatic rings. The molecule has 26 heavy (non-hydrogen) atoms. The minimum absolute atomic E-state index is 0.211. The maximum absolute atomic E-state index is 12.9. The van der Waals surface area contributed by atoms with Crippen LogP contribution in [-0.4, -0.2) is 24.6 Å². The van der Waals surface area contributed by atoms with Gasteiger partial charge in [0.2, 0.25) is 0 Å². The van der Waals surface area contributed by atoms with Crippen LogP contribution >= 0.6 is 0 Å². The van der Waals surface area contributed by atoms with Crippen LogP contribution < -0.4 is 14.8 Å². The number of hydrogen-bond donors (Lipinski definition) is 1. The molecule has 1 N–H and O–H groups in total. The van der Waals surface area contributed by atoms with Crippen molar-refractivity contribution < 1.29 is 14.3 Å². The highest BCUT2D eigenvalue weighted by Crippen LogP contribution is 2.30. The Hall–Kier alpha value is -3.08. The SMILES string of the molecule is CCCCOc1ccc(OC)cc1NC(=O)c1cccc2ncccc12. The Balaban J connectivity index is 1.90. The number of anilines is 1. The molecule has 2 aromatic carbocycles. The highest BCUT2D eigenvalue weighted by molar-refractivity contribution is 6.12. The maximum Gasteiger partial charge on any atom is 0.256 e. The second kappa shape index (κ2) is 8.34. The zero-order valence-electron chi connectivity index (χ0n) is 15.0. The van der Waals surface area contributed by atoms with Gasteiger partial charge in [-0.2, -0.15) is 0 Å². The van der Waals surface area contributed by atoms with Gasteiger partial charge in [-0.1, -0.05) is 25.5 Å². The summed E-state index contributed by atoms with van der Waals surface area (Å²) in [6.07, 6.45) is 3.71. The lowest BCUT2D eigenvalue weighted by Gasteiger charge is -2.14. The van der Waals surface area contributed by atoms with E-state index >= 15 is 0 Å². The lowest BCUT2D eigenvalue weighted by Crippen LogP contribution is -2.14. The lowest BCUT2D eigenvalue weighted by molar-refractivity contribution is 0.102. The quantitative estimate of drug-likeness (QED) is 0.629. The fourth-order valence-corrected chi connectivity index (χ4v) is 2.68. The van der Waals surface area contributed by atoms with Gasteiger partial charge in [-0.3, -0.25) is 9.78 Å². The summed E-state index contributed by atoms with van der Waals surface area (Å²) in [5, 5.41) is 3.76. The van der Waals surface area contributed by atoms with Crippen LogP contribution in [0.15, 0.2) is 54.7 Å². The first-order chi connectivity index (χ1) is 12.7. The number of amides is 1. The third kappa shape index (κ3) is 3.94. The zero-order valence-corrected chi connectivity index (χ0v) is 15.0. The Morgan fingerprint density at radius 1 is 1.15 bits per heavy atom. The Kier molecular flexibility index (Phi) is 5.69. The van der Waals surface area contributed by atoms with E-state index in [1.165, 1.54) is 0 Å². The first kappa shape index (κ1) is 17.7. The predicted octanol–water partition coefficient (Wildman–Crippen LogP) is 4.67. The molecule has 134 valence electrons. The number of hydrogen-bond acceptors (Lipinski definition) is 4. The van der Waals surface area contributed by atoms with Crippen LogP contribution in [0.25, 0.3) is 10.9 Å². The fourth-order valence-electron chi connectivity index (χ4n) is 2.68. The molecule has 0 radical (unpaired) electrons. The number of unbranched alkanes of at least 4 members (excludes halogenated alkanes) is 1. The van der Waals surface area contributed by atoms with E-state index in [9.17, 15) is 4.79 Å². The van der Waals surface area contributed by atoms with Crippen molar-refractivity contribution in [1.82, 2.24) is 4.98 Å². The minimum atomic E-state index is -0.211. The van der Waals surface area contributed by atoms with Crippen molar-refractivity contribution in [3.05, 3.63) is 60.3 Å². The average molecular weight is 350 g/mol. The smallest absolute Gasteiger partial charge is 0.256 e. The summed E-state index contributed by atoms with van der Waals surface area (Å²) in [5.41, 5.74) is 1.94. The summed E-state index contributed by atoms with van der Waals surface area (Å²) in [7, 11) is 1.59. The van der Waals surface area contributed by atoms with Crippen molar-refractivity contribution >= 4 is 22.5 Å². The Labute approximate surface area is 153 Å². The third-order valence-electron chi connectivity index (χ3n) is 4.08. The van der Waals surface area contributed by atoms with Gasteiger partial charge in [0.25, 0.3) is 5.91 Å². The van der Waals surface area contributed by atoms with Crippen molar-refractivity contribution in [2.75, 3.05) is 19.0 Å². The van der Waals surface area contributed by atoms with Crippen molar-refractivity contribution in [2.45, 2.75) is 19.8 Å². The summed E-state index contributed by atoms with van der Waals surface area (Å²) in [6.45, 7) is 2.71. The molecule has 0 unspecified atom stereocenters. The number of aromatic nitrogens is 1. The first-order valence-corrected chi connectivity index (χ1v) is 8.69. The number of carbonyl (C=O) groups is 1. The van der Waals surface area contributed by atoms with Crippen LogP contribution in [0.4, 0.5) is 5.69 Å². The van der Waals surface area contributed by atoms with Gasteiger partial charge >= 0.3 is 0 Å². The molecule has 3 rings (SSSR count). The summed E-state index contributed by atoms with van der Waals surface area (Å²) < 4.78 is 11.1. The number of benzene rings is 2. The number of rotatable bonds is 7. The predicted molar refractivity (Wildman–Crippen MR) is 103 cm³/mol. The second-order valence-corrected chi connectivity index (χ2v) is 5.89. The molecule has 0 saturated heterocycles. The molecule has 1 heterocycles. The van der Waals surface area contributed by atoms with E-state index in [1.807, 2.05) is 36.4 Å². The highest BCUT2D eigenvalue weighted by Gasteiger charge is 2.14. The molecule has 5 nitrogen and oxygen atoms in total. The van der Waals surface area contributed by atoms with Crippen LogP contribution in [0.1, 0.15) is 30.1 Å². The molecule has 0 spiro atoms. The van der Waals surface area contributed by atoms with Crippen LogP contribution in [0.3, 0.4) is 0 Å². The molecule has 0 aliphatic rings.